The maximum Gasteiger partial charge on any atom is 0.119 e. The van der Waals surface area contributed by atoms with Gasteiger partial charge in [0, 0.05) is 12.4 Å². The summed E-state index contributed by atoms with van der Waals surface area (Å²) in [5.41, 5.74) is 2.04. The first-order valence-corrected chi connectivity index (χ1v) is 6.40. The fraction of sp³-hybridized carbons (Fsp3) is 0.333. The van der Waals surface area contributed by atoms with E-state index in [1.165, 1.54) is 0 Å². The molecule has 0 saturated carbocycles. The molecule has 0 aliphatic rings. The second-order valence-corrected chi connectivity index (χ2v) is 4.59. The van der Waals surface area contributed by atoms with Crippen LogP contribution in [-0.2, 0) is 0 Å². The third-order valence-electron chi connectivity index (χ3n) is 2.75. The van der Waals surface area contributed by atoms with Crippen LogP contribution in [0.4, 0.5) is 0 Å². The zero-order chi connectivity index (χ0) is 13.7. The van der Waals surface area contributed by atoms with Gasteiger partial charge in [0.05, 0.1) is 24.0 Å². The Balaban J connectivity index is 2.20. The van der Waals surface area contributed by atoms with Crippen LogP contribution in [0, 0.1) is 0 Å². The van der Waals surface area contributed by atoms with E-state index in [4.69, 9.17) is 4.74 Å². The van der Waals surface area contributed by atoms with Gasteiger partial charge in [0.25, 0.3) is 0 Å². The van der Waals surface area contributed by atoms with Crippen LogP contribution in [0.1, 0.15) is 31.1 Å². The van der Waals surface area contributed by atoms with Gasteiger partial charge in [-0.2, -0.15) is 0 Å². The second-order valence-electron chi connectivity index (χ2n) is 4.59. The molecule has 1 aromatic carbocycles. The average Bonchev–Trinajstić information content (AvgIpc) is 2.42. The van der Waals surface area contributed by atoms with Crippen LogP contribution in [0.25, 0.3) is 0 Å². The third-order valence-corrected chi connectivity index (χ3v) is 2.75. The molecule has 0 spiro atoms. The lowest BCUT2D eigenvalue weighted by Crippen LogP contribution is -2.19. The van der Waals surface area contributed by atoms with E-state index < -0.39 is 0 Å². The largest absolute Gasteiger partial charge is 0.491 e. The van der Waals surface area contributed by atoms with E-state index in [-0.39, 0.29) is 12.1 Å². The lowest BCUT2D eigenvalue weighted by molar-refractivity contribution is 0.242. The fourth-order valence-electron chi connectivity index (χ4n) is 1.96. The Morgan fingerprint density at radius 2 is 1.84 bits per heavy atom. The first kappa shape index (κ1) is 13.5. The average molecular weight is 257 g/mol. The van der Waals surface area contributed by atoms with Gasteiger partial charge in [-0.25, -0.2) is 0 Å². The minimum Gasteiger partial charge on any atom is -0.491 e. The molecule has 1 N–H and O–H groups in total. The molecule has 1 unspecified atom stereocenters. The normalized spacial score (nSPS) is 12.4. The fourth-order valence-corrected chi connectivity index (χ4v) is 1.96. The van der Waals surface area contributed by atoms with Gasteiger partial charge in [0.1, 0.15) is 5.75 Å². The summed E-state index contributed by atoms with van der Waals surface area (Å²) in [7, 11) is 1.91. The highest BCUT2D eigenvalue weighted by Gasteiger charge is 2.13. The number of aromatic nitrogens is 2. The van der Waals surface area contributed by atoms with Gasteiger partial charge < -0.3 is 10.1 Å². The SMILES string of the molecule is CNC(c1ccc(OC(C)C)cc1)c1cnccn1. The minimum atomic E-state index is 0.0433. The van der Waals surface area contributed by atoms with Crippen molar-refractivity contribution in [3.8, 4) is 5.75 Å². The summed E-state index contributed by atoms with van der Waals surface area (Å²) in [5.74, 6) is 0.882. The van der Waals surface area contributed by atoms with Gasteiger partial charge in [0.15, 0.2) is 0 Å². The standard InChI is InChI=1S/C15H19N3O/c1-11(2)19-13-6-4-12(5-7-13)15(16-3)14-10-17-8-9-18-14/h4-11,15-16H,1-3H3. The second kappa shape index (κ2) is 6.29. The number of hydrogen-bond donors (Lipinski definition) is 1. The number of nitrogens with zero attached hydrogens (tertiary/aromatic N) is 2. The molecule has 0 aliphatic carbocycles. The highest BCUT2D eigenvalue weighted by molar-refractivity contribution is 5.32. The van der Waals surface area contributed by atoms with Crippen molar-refractivity contribution >= 4 is 0 Å². The summed E-state index contributed by atoms with van der Waals surface area (Å²) in [5, 5.41) is 3.25. The van der Waals surface area contributed by atoms with Crippen molar-refractivity contribution in [1.29, 1.82) is 0 Å². The van der Waals surface area contributed by atoms with E-state index in [0.717, 1.165) is 17.0 Å². The number of ether oxygens (including phenoxy) is 1. The molecule has 19 heavy (non-hydrogen) atoms. The summed E-state index contributed by atoms with van der Waals surface area (Å²) in [4.78, 5) is 8.45. The summed E-state index contributed by atoms with van der Waals surface area (Å²) in [6.07, 6.45) is 5.34. The van der Waals surface area contributed by atoms with Crippen LogP contribution in [0.5, 0.6) is 5.75 Å². The zero-order valence-electron chi connectivity index (χ0n) is 11.5. The van der Waals surface area contributed by atoms with Gasteiger partial charge in [-0.3, -0.25) is 9.97 Å². The summed E-state index contributed by atoms with van der Waals surface area (Å²) in [6, 6.07) is 8.11. The number of nitrogens with one attached hydrogen (secondary N) is 1. The quantitative estimate of drug-likeness (QED) is 0.894. The monoisotopic (exact) mass is 257 g/mol. The van der Waals surface area contributed by atoms with Crippen molar-refractivity contribution in [3.05, 3.63) is 54.1 Å². The lowest BCUT2D eigenvalue weighted by atomic mass is 10.0. The van der Waals surface area contributed by atoms with E-state index >= 15 is 0 Å². The molecule has 1 atom stereocenters. The van der Waals surface area contributed by atoms with Crippen molar-refractivity contribution < 1.29 is 4.74 Å². The van der Waals surface area contributed by atoms with Crippen LogP contribution in [0.15, 0.2) is 42.9 Å². The molecule has 0 aliphatic heterocycles. The van der Waals surface area contributed by atoms with Gasteiger partial charge in [0.2, 0.25) is 0 Å². The zero-order valence-corrected chi connectivity index (χ0v) is 11.5. The Kier molecular flexibility index (Phi) is 4.47. The van der Waals surface area contributed by atoms with Crippen molar-refractivity contribution in [1.82, 2.24) is 15.3 Å². The van der Waals surface area contributed by atoms with Crippen molar-refractivity contribution in [2.75, 3.05) is 7.05 Å². The van der Waals surface area contributed by atoms with Gasteiger partial charge >= 0.3 is 0 Å². The Labute approximate surface area is 113 Å². The molecule has 1 heterocycles. The molecule has 0 amide bonds. The highest BCUT2D eigenvalue weighted by Crippen LogP contribution is 2.22. The lowest BCUT2D eigenvalue weighted by Gasteiger charge is -2.16. The summed E-state index contributed by atoms with van der Waals surface area (Å²) in [6.45, 7) is 4.04. The first-order chi connectivity index (χ1) is 9.20. The van der Waals surface area contributed by atoms with Crippen molar-refractivity contribution in [2.24, 2.45) is 0 Å². The predicted molar refractivity (Wildman–Crippen MR) is 75.1 cm³/mol. The molecule has 0 saturated heterocycles. The molecule has 100 valence electrons. The van der Waals surface area contributed by atoms with Gasteiger partial charge in [-0.15, -0.1) is 0 Å². The van der Waals surface area contributed by atoms with E-state index in [2.05, 4.69) is 15.3 Å². The molecule has 4 heteroatoms. The Hall–Kier alpha value is -1.94. The Bertz CT molecular complexity index is 497. The van der Waals surface area contributed by atoms with Crippen LogP contribution in [0.2, 0.25) is 0 Å². The summed E-state index contributed by atoms with van der Waals surface area (Å²) >= 11 is 0. The van der Waals surface area contributed by atoms with Crippen molar-refractivity contribution in [3.63, 3.8) is 0 Å². The molecule has 1 aromatic heterocycles. The minimum absolute atomic E-state index is 0.0433. The van der Waals surface area contributed by atoms with Crippen LogP contribution < -0.4 is 10.1 Å². The van der Waals surface area contributed by atoms with Crippen LogP contribution in [-0.4, -0.2) is 23.1 Å². The smallest absolute Gasteiger partial charge is 0.119 e. The predicted octanol–water partition coefficient (Wildman–Crippen LogP) is 2.57. The molecule has 0 fully saturated rings. The van der Waals surface area contributed by atoms with Crippen molar-refractivity contribution in [2.45, 2.75) is 26.0 Å². The Morgan fingerprint density at radius 1 is 1.11 bits per heavy atom. The van der Waals surface area contributed by atoms with Gasteiger partial charge in [-0.05, 0) is 38.6 Å². The molecular formula is C15H19N3O. The summed E-state index contributed by atoms with van der Waals surface area (Å²) < 4.78 is 5.64. The van der Waals surface area contributed by atoms with E-state index in [0.29, 0.717) is 0 Å². The first-order valence-electron chi connectivity index (χ1n) is 6.40. The third kappa shape index (κ3) is 3.51. The molecule has 2 aromatic rings. The number of benzene rings is 1. The van der Waals surface area contributed by atoms with E-state index in [9.17, 15) is 0 Å². The molecule has 2 rings (SSSR count). The highest BCUT2D eigenvalue weighted by atomic mass is 16.5. The van der Waals surface area contributed by atoms with E-state index in [1.54, 1.807) is 18.6 Å². The molecule has 4 nitrogen and oxygen atoms in total. The number of rotatable bonds is 5. The molecule has 0 radical (unpaired) electrons. The maximum atomic E-state index is 5.64. The van der Waals surface area contributed by atoms with E-state index in [1.807, 2.05) is 45.2 Å². The Morgan fingerprint density at radius 3 is 2.37 bits per heavy atom. The topological polar surface area (TPSA) is 47.0 Å². The van der Waals surface area contributed by atoms with Gasteiger partial charge in [-0.1, -0.05) is 12.1 Å². The maximum absolute atomic E-state index is 5.64. The molecule has 0 bridgehead atoms. The van der Waals surface area contributed by atoms with Crippen LogP contribution >= 0.6 is 0 Å². The van der Waals surface area contributed by atoms with Crippen LogP contribution in [0.3, 0.4) is 0 Å². The number of hydrogen-bond acceptors (Lipinski definition) is 4. The molecular weight excluding hydrogens is 238 g/mol.